The summed E-state index contributed by atoms with van der Waals surface area (Å²) < 4.78 is 40.3. The number of carbonyl (C=O) groups excluding carboxylic acids is 1. The van der Waals surface area contributed by atoms with Crippen LogP contribution < -0.4 is 10.1 Å². The second kappa shape index (κ2) is 7.83. The number of benzene rings is 2. The number of fused-ring (bicyclic) bond motifs is 1. The number of carbonyl (C=O) groups is 1. The Morgan fingerprint density at radius 3 is 2.56 bits per heavy atom. The third-order valence-electron chi connectivity index (χ3n) is 3.55. The molecule has 9 heteroatoms. The van der Waals surface area contributed by atoms with E-state index in [0.29, 0.717) is 10.7 Å². The monoisotopic (exact) mass is 393 g/mol. The summed E-state index contributed by atoms with van der Waals surface area (Å²) in [6.07, 6.45) is -3.11. The van der Waals surface area contributed by atoms with E-state index in [1.165, 1.54) is 23.9 Å². The van der Waals surface area contributed by atoms with Gasteiger partial charge >= 0.3 is 6.36 Å². The molecule has 1 heterocycles. The molecule has 0 saturated heterocycles. The zero-order chi connectivity index (χ0) is 19.4. The molecule has 0 saturated carbocycles. The molecule has 5 nitrogen and oxygen atoms in total. The Morgan fingerprint density at radius 1 is 1.15 bits per heavy atom. The Hall–Kier alpha value is -2.81. The smallest absolute Gasteiger partial charge is 0.406 e. The van der Waals surface area contributed by atoms with E-state index in [1.54, 1.807) is 13.1 Å². The molecular formula is C18H14F3N3O2S. The van der Waals surface area contributed by atoms with Gasteiger partial charge in [-0.25, -0.2) is 0 Å². The quantitative estimate of drug-likeness (QED) is 0.640. The molecule has 0 bridgehead atoms. The molecule has 1 unspecified atom stereocenters. The summed E-state index contributed by atoms with van der Waals surface area (Å²) in [7, 11) is 0. The Morgan fingerprint density at radius 2 is 1.85 bits per heavy atom. The Labute approximate surface area is 156 Å². The van der Waals surface area contributed by atoms with Crippen LogP contribution in [0.3, 0.4) is 0 Å². The molecule has 1 N–H and O–H groups in total. The molecule has 0 fully saturated rings. The minimum Gasteiger partial charge on any atom is -0.406 e. The topological polar surface area (TPSA) is 64.1 Å². The van der Waals surface area contributed by atoms with Gasteiger partial charge in [-0.15, -0.1) is 18.3 Å². The minimum absolute atomic E-state index is 0.306. The molecule has 140 valence electrons. The van der Waals surface area contributed by atoms with Crippen LogP contribution in [0, 0.1) is 0 Å². The standard InChI is InChI=1S/C18H14F3N3O2S/c1-11(27-17-15-5-3-2-4-12(15)10-22-24-17)16(25)23-13-6-8-14(9-7-13)26-18(19,20)21/h2-11H,1H3,(H,23,25). The third kappa shape index (κ3) is 5.10. The maximum atomic E-state index is 12.4. The molecule has 0 aliphatic heterocycles. The highest BCUT2D eigenvalue weighted by Crippen LogP contribution is 2.29. The van der Waals surface area contributed by atoms with Gasteiger partial charge in [0, 0.05) is 16.5 Å². The number of nitrogens with zero attached hydrogens (tertiary/aromatic N) is 2. The van der Waals surface area contributed by atoms with Crippen molar-refractivity contribution in [2.24, 2.45) is 0 Å². The number of aromatic nitrogens is 2. The van der Waals surface area contributed by atoms with E-state index < -0.39 is 11.6 Å². The lowest BCUT2D eigenvalue weighted by molar-refractivity contribution is -0.274. The van der Waals surface area contributed by atoms with Gasteiger partial charge in [-0.1, -0.05) is 36.0 Å². The zero-order valence-corrected chi connectivity index (χ0v) is 14.8. The number of hydrogen-bond donors (Lipinski definition) is 1. The largest absolute Gasteiger partial charge is 0.573 e. The lowest BCUT2D eigenvalue weighted by atomic mass is 10.2. The summed E-state index contributed by atoms with van der Waals surface area (Å²) in [6, 6.07) is 12.5. The molecule has 1 amide bonds. The first-order valence-electron chi connectivity index (χ1n) is 7.85. The second-order valence-electron chi connectivity index (χ2n) is 5.56. The SMILES string of the molecule is CC(Sc1nncc2ccccc12)C(=O)Nc1ccc(OC(F)(F)F)cc1. The van der Waals surface area contributed by atoms with E-state index in [1.807, 2.05) is 24.3 Å². The van der Waals surface area contributed by atoms with Gasteiger partial charge in [-0.3, -0.25) is 4.79 Å². The number of amides is 1. The number of alkyl halides is 3. The first-order chi connectivity index (χ1) is 12.8. The summed E-state index contributed by atoms with van der Waals surface area (Å²) in [5.41, 5.74) is 0.367. The van der Waals surface area contributed by atoms with Gasteiger partial charge < -0.3 is 10.1 Å². The van der Waals surface area contributed by atoms with E-state index >= 15 is 0 Å². The highest BCUT2D eigenvalue weighted by Gasteiger charge is 2.31. The van der Waals surface area contributed by atoms with Crippen LogP contribution in [0.15, 0.2) is 59.8 Å². The van der Waals surface area contributed by atoms with Crippen molar-refractivity contribution in [2.75, 3.05) is 5.32 Å². The second-order valence-corrected chi connectivity index (χ2v) is 6.89. The van der Waals surface area contributed by atoms with Gasteiger partial charge in [0.05, 0.1) is 11.4 Å². The molecule has 0 spiro atoms. The van der Waals surface area contributed by atoms with E-state index in [9.17, 15) is 18.0 Å². The van der Waals surface area contributed by atoms with Crippen LogP contribution in [0.2, 0.25) is 0 Å². The van der Waals surface area contributed by atoms with Gasteiger partial charge in [-0.05, 0) is 31.2 Å². The average Bonchev–Trinajstić information content (AvgIpc) is 2.62. The fourth-order valence-electron chi connectivity index (χ4n) is 2.29. The van der Waals surface area contributed by atoms with Gasteiger partial charge in [0.25, 0.3) is 0 Å². The molecule has 2 aromatic carbocycles. The van der Waals surface area contributed by atoms with E-state index in [4.69, 9.17) is 0 Å². The molecule has 0 aliphatic rings. The van der Waals surface area contributed by atoms with Crippen molar-refractivity contribution < 1.29 is 22.7 Å². The number of ether oxygens (including phenoxy) is 1. The number of halogens is 3. The van der Waals surface area contributed by atoms with Gasteiger partial charge in [0.15, 0.2) is 0 Å². The number of rotatable bonds is 5. The molecule has 1 aromatic heterocycles. The van der Waals surface area contributed by atoms with E-state index in [0.717, 1.165) is 22.9 Å². The fourth-order valence-corrected chi connectivity index (χ4v) is 3.20. The van der Waals surface area contributed by atoms with Crippen molar-refractivity contribution in [3.63, 3.8) is 0 Å². The van der Waals surface area contributed by atoms with Gasteiger partial charge in [0.2, 0.25) is 5.91 Å². The number of anilines is 1. The summed E-state index contributed by atoms with van der Waals surface area (Å²) in [5.74, 6) is -0.659. The van der Waals surface area contributed by atoms with Crippen LogP contribution in [0.25, 0.3) is 10.8 Å². The van der Waals surface area contributed by atoms with Crippen molar-refractivity contribution >= 4 is 34.1 Å². The van der Waals surface area contributed by atoms with Crippen molar-refractivity contribution in [1.29, 1.82) is 0 Å². The maximum Gasteiger partial charge on any atom is 0.573 e. The number of thioether (sulfide) groups is 1. The Kier molecular flexibility index (Phi) is 5.50. The lowest BCUT2D eigenvalue weighted by Crippen LogP contribution is -2.22. The maximum absolute atomic E-state index is 12.4. The average molecular weight is 393 g/mol. The van der Waals surface area contributed by atoms with Crippen LogP contribution in [0.5, 0.6) is 5.75 Å². The number of hydrogen-bond acceptors (Lipinski definition) is 5. The van der Waals surface area contributed by atoms with Crippen LogP contribution in [0.1, 0.15) is 6.92 Å². The molecule has 0 radical (unpaired) electrons. The summed E-state index contributed by atoms with van der Waals surface area (Å²) in [5, 5.41) is 12.6. The molecular weight excluding hydrogens is 379 g/mol. The van der Waals surface area contributed by atoms with Gasteiger partial charge in [-0.2, -0.15) is 5.10 Å². The van der Waals surface area contributed by atoms with Gasteiger partial charge in [0.1, 0.15) is 10.8 Å². The van der Waals surface area contributed by atoms with Crippen LogP contribution in [0.4, 0.5) is 18.9 Å². The molecule has 0 aliphatic carbocycles. The molecule has 1 atom stereocenters. The first-order valence-corrected chi connectivity index (χ1v) is 8.73. The molecule has 27 heavy (non-hydrogen) atoms. The molecule has 3 aromatic rings. The van der Waals surface area contributed by atoms with E-state index in [2.05, 4.69) is 20.3 Å². The van der Waals surface area contributed by atoms with E-state index in [-0.39, 0.29) is 11.7 Å². The van der Waals surface area contributed by atoms with Crippen molar-refractivity contribution in [3.05, 3.63) is 54.7 Å². The normalized spacial score (nSPS) is 12.6. The van der Waals surface area contributed by atoms with Crippen LogP contribution in [-0.2, 0) is 4.79 Å². The van der Waals surface area contributed by atoms with Crippen molar-refractivity contribution in [1.82, 2.24) is 10.2 Å². The molecule has 3 rings (SSSR count). The predicted octanol–water partition coefficient (Wildman–Crippen LogP) is 4.65. The summed E-state index contributed by atoms with van der Waals surface area (Å²) >= 11 is 1.25. The Balaban J connectivity index is 1.65. The highest BCUT2D eigenvalue weighted by atomic mass is 32.2. The van der Waals surface area contributed by atoms with Crippen molar-refractivity contribution in [3.8, 4) is 5.75 Å². The van der Waals surface area contributed by atoms with Crippen LogP contribution in [-0.4, -0.2) is 27.7 Å². The first kappa shape index (κ1) is 19.0. The van der Waals surface area contributed by atoms with Crippen molar-refractivity contribution in [2.45, 2.75) is 23.6 Å². The summed E-state index contributed by atoms with van der Waals surface area (Å²) in [4.78, 5) is 12.4. The predicted molar refractivity (Wildman–Crippen MR) is 96.6 cm³/mol. The fraction of sp³-hybridized carbons (Fsp3) is 0.167. The highest BCUT2D eigenvalue weighted by molar-refractivity contribution is 8.00. The number of nitrogens with one attached hydrogen (secondary N) is 1. The Bertz CT molecular complexity index is 943. The minimum atomic E-state index is -4.75. The lowest BCUT2D eigenvalue weighted by Gasteiger charge is -2.13. The third-order valence-corrected chi connectivity index (χ3v) is 4.64. The zero-order valence-electron chi connectivity index (χ0n) is 14.0. The van der Waals surface area contributed by atoms with Crippen LogP contribution >= 0.6 is 11.8 Å². The summed E-state index contributed by atoms with van der Waals surface area (Å²) in [6.45, 7) is 1.71.